The van der Waals surface area contributed by atoms with Crippen LogP contribution in [0.3, 0.4) is 0 Å². The van der Waals surface area contributed by atoms with Gasteiger partial charge in [0.15, 0.2) is 0 Å². The summed E-state index contributed by atoms with van der Waals surface area (Å²) in [7, 11) is 0. The molecule has 3 aromatic rings. The number of carbonyl (C=O) groups excluding carboxylic acids is 1. The van der Waals surface area contributed by atoms with Crippen molar-refractivity contribution in [3.8, 4) is 0 Å². The Kier molecular flexibility index (Phi) is 4.86. The summed E-state index contributed by atoms with van der Waals surface area (Å²) in [6, 6.07) is 16.7. The lowest BCUT2D eigenvalue weighted by Gasteiger charge is -2.08. The predicted molar refractivity (Wildman–Crippen MR) is 96.0 cm³/mol. The maximum absolute atomic E-state index is 13.2. The van der Waals surface area contributed by atoms with Gasteiger partial charge in [-0.15, -0.1) is 0 Å². The summed E-state index contributed by atoms with van der Waals surface area (Å²) < 4.78 is 13.9. The first-order valence-corrected chi connectivity index (χ1v) is 7.95. The summed E-state index contributed by atoms with van der Waals surface area (Å²) >= 11 is 3.34. The number of anilines is 3. The minimum Gasteiger partial charge on any atom is -0.354 e. The predicted octanol–water partition coefficient (Wildman–Crippen LogP) is 4.98. The molecule has 6 heteroatoms. The van der Waals surface area contributed by atoms with Gasteiger partial charge in [-0.25, -0.2) is 9.37 Å². The maximum atomic E-state index is 13.2. The Hall–Kier alpha value is -2.73. The first-order valence-electron chi connectivity index (χ1n) is 7.16. The van der Waals surface area contributed by atoms with Crippen molar-refractivity contribution in [2.24, 2.45) is 0 Å². The Bertz CT molecular complexity index is 868. The number of benzene rings is 2. The fourth-order valence-corrected chi connectivity index (χ4v) is 2.57. The van der Waals surface area contributed by atoms with E-state index in [-0.39, 0.29) is 11.7 Å². The Morgan fingerprint density at radius 2 is 1.83 bits per heavy atom. The normalized spacial score (nSPS) is 10.2. The second-order valence-electron chi connectivity index (χ2n) is 5.00. The zero-order valence-electron chi connectivity index (χ0n) is 12.5. The third-order valence-electron chi connectivity index (χ3n) is 3.24. The molecular formula is C18H13BrFN3O. The van der Waals surface area contributed by atoms with Gasteiger partial charge in [-0.05, 0) is 58.4 Å². The van der Waals surface area contributed by atoms with Crippen molar-refractivity contribution in [2.75, 3.05) is 10.6 Å². The lowest BCUT2D eigenvalue weighted by atomic mass is 10.2. The highest BCUT2D eigenvalue weighted by Gasteiger charge is 2.10. The largest absolute Gasteiger partial charge is 0.354 e. The number of aromatic nitrogens is 1. The van der Waals surface area contributed by atoms with Crippen LogP contribution in [0.15, 0.2) is 71.3 Å². The van der Waals surface area contributed by atoms with Gasteiger partial charge in [-0.3, -0.25) is 4.79 Å². The van der Waals surface area contributed by atoms with Crippen molar-refractivity contribution >= 4 is 39.0 Å². The number of nitrogens with zero attached hydrogens (tertiary/aromatic N) is 1. The lowest BCUT2D eigenvalue weighted by molar-refractivity contribution is 0.102. The number of hydrogen-bond donors (Lipinski definition) is 2. The van der Waals surface area contributed by atoms with Crippen LogP contribution in [-0.2, 0) is 0 Å². The number of pyridine rings is 1. The molecule has 120 valence electrons. The number of rotatable bonds is 4. The van der Waals surface area contributed by atoms with Gasteiger partial charge in [-0.2, -0.15) is 0 Å². The third kappa shape index (κ3) is 3.97. The van der Waals surface area contributed by atoms with Crippen molar-refractivity contribution in [3.05, 3.63) is 82.7 Å². The summed E-state index contributed by atoms with van der Waals surface area (Å²) in [6.07, 6.45) is 1.57. The van der Waals surface area contributed by atoms with E-state index in [9.17, 15) is 9.18 Å². The second kappa shape index (κ2) is 7.23. The van der Waals surface area contributed by atoms with Gasteiger partial charge in [0.2, 0.25) is 0 Å². The average Bonchev–Trinajstić information content (AvgIpc) is 2.57. The van der Waals surface area contributed by atoms with Crippen molar-refractivity contribution in [1.29, 1.82) is 0 Å². The van der Waals surface area contributed by atoms with E-state index in [1.165, 1.54) is 12.1 Å². The molecule has 1 amide bonds. The molecule has 0 fully saturated rings. The Balaban J connectivity index is 1.68. The van der Waals surface area contributed by atoms with Crippen LogP contribution in [0.4, 0.5) is 21.6 Å². The van der Waals surface area contributed by atoms with Crippen molar-refractivity contribution in [3.63, 3.8) is 0 Å². The van der Waals surface area contributed by atoms with Crippen LogP contribution in [-0.4, -0.2) is 10.9 Å². The lowest BCUT2D eigenvalue weighted by Crippen LogP contribution is -2.13. The van der Waals surface area contributed by atoms with E-state index in [4.69, 9.17) is 0 Å². The molecule has 3 rings (SSSR count). The SMILES string of the molecule is O=C(Nc1ccc(Nc2cccc(F)c2)cn1)c1ccccc1Br. The molecule has 0 saturated carbocycles. The molecular weight excluding hydrogens is 373 g/mol. The maximum Gasteiger partial charge on any atom is 0.257 e. The van der Waals surface area contributed by atoms with Crippen LogP contribution in [0.1, 0.15) is 10.4 Å². The van der Waals surface area contributed by atoms with E-state index in [2.05, 4.69) is 31.5 Å². The zero-order chi connectivity index (χ0) is 16.9. The van der Waals surface area contributed by atoms with E-state index in [1.54, 1.807) is 48.7 Å². The fraction of sp³-hybridized carbons (Fsp3) is 0. The van der Waals surface area contributed by atoms with Crippen LogP contribution >= 0.6 is 15.9 Å². The van der Waals surface area contributed by atoms with Gasteiger partial charge in [0.25, 0.3) is 5.91 Å². The molecule has 0 aliphatic carbocycles. The highest BCUT2D eigenvalue weighted by Crippen LogP contribution is 2.20. The highest BCUT2D eigenvalue weighted by molar-refractivity contribution is 9.10. The van der Waals surface area contributed by atoms with Crippen LogP contribution in [0.5, 0.6) is 0 Å². The van der Waals surface area contributed by atoms with Gasteiger partial charge >= 0.3 is 0 Å². The molecule has 1 aromatic heterocycles. The molecule has 0 saturated heterocycles. The topological polar surface area (TPSA) is 54.0 Å². The summed E-state index contributed by atoms with van der Waals surface area (Å²) in [5.74, 6) is -0.133. The van der Waals surface area contributed by atoms with Crippen LogP contribution in [0.2, 0.25) is 0 Å². The molecule has 4 nitrogen and oxygen atoms in total. The zero-order valence-corrected chi connectivity index (χ0v) is 14.0. The molecule has 2 aromatic carbocycles. The highest BCUT2D eigenvalue weighted by atomic mass is 79.9. The van der Waals surface area contributed by atoms with Crippen LogP contribution < -0.4 is 10.6 Å². The standard InChI is InChI=1S/C18H13BrFN3O/c19-16-7-2-1-6-15(16)18(24)23-17-9-8-14(11-21-17)22-13-5-3-4-12(20)10-13/h1-11,22H,(H,21,23,24). The van der Waals surface area contributed by atoms with Crippen molar-refractivity contribution in [2.45, 2.75) is 0 Å². The smallest absolute Gasteiger partial charge is 0.257 e. The number of carbonyl (C=O) groups is 1. The molecule has 0 atom stereocenters. The molecule has 0 bridgehead atoms. The van der Waals surface area contributed by atoms with E-state index in [0.29, 0.717) is 27.2 Å². The molecule has 0 radical (unpaired) electrons. The molecule has 0 spiro atoms. The number of nitrogens with one attached hydrogen (secondary N) is 2. The minimum atomic E-state index is -0.315. The number of amides is 1. The van der Waals surface area contributed by atoms with E-state index in [1.807, 2.05) is 6.07 Å². The van der Waals surface area contributed by atoms with Crippen LogP contribution in [0, 0.1) is 5.82 Å². The van der Waals surface area contributed by atoms with Gasteiger partial charge in [0.1, 0.15) is 11.6 Å². The Morgan fingerprint density at radius 1 is 1.00 bits per heavy atom. The second-order valence-corrected chi connectivity index (χ2v) is 5.86. The summed E-state index contributed by atoms with van der Waals surface area (Å²) in [5.41, 5.74) is 1.85. The van der Waals surface area contributed by atoms with Gasteiger partial charge < -0.3 is 10.6 Å². The van der Waals surface area contributed by atoms with Crippen molar-refractivity contribution in [1.82, 2.24) is 4.98 Å². The summed E-state index contributed by atoms with van der Waals surface area (Å²) in [5, 5.41) is 5.77. The first kappa shape index (κ1) is 16.1. The van der Waals surface area contributed by atoms with E-state index < -0.39 is 0 Å². The molecule has 2 N–H and O–H groups in total. The third-order valence-corrected chi connectivity index (χ3v) is 3.93. The quantitative estimate of drug-likeness (QED) is 0.665. The van der Waals surface area contributed by atoms with Gasteiger partial charge in [-0.1, -0.05) is 18.2 Å². The first-order chi connectivity index (χ1) is 11.6. The Morgan fingerprint density at radius 3 is 2.54 bits per heavy atom. The van der Waals surface area contributed by atoms with Crippen LogP contribution in [0.25, 0.3) is 0 Å². The molecule has 0 unspecified atom stereocenters. The average molecular weight is 386 g/mol. The van der Waals surface area contributed by atoms with Gasteiger partial charge in [0, 0.05) is 10.2 Å². The van der Waals surface area contributed by atoms with Gasteiger partial charge in [0.05, 0.1) is 17.4 Å². The summed E-state index contributed by atoms with van der Waals surface area (Å²) in [4.78, 5) is 16.4. The Labute approximate surface area is 146 Å². The summed E-state index contributed by atoms with van der Waals surface area (Å²) in [6.45, 7) is 0. The van der Waals surface area contributed by atoms with Crippen molar-refractivity contribution < 1.29 is 9.18 Å². The molecule has 1 heterocycles. The number of halogens is 2. The molecule has 24 heavy (non-hydrogen) atoms. The molecule has 0 aliphatic rings. The van der Waals surface area contributed by atoms with E-state index in [0.717, 1.165) is 0 Å². The molecule has 0 aliphatic heterocycles. The van der Waals surface area contributed by atoms with E-state index >= 15 is 0 Å². The minimum absolute atomic E-state index is 0.249. The fourth-order valence-electron chi connectivity index (χ4n) is 2.10. The number of hydrogen-bond acceptors (Lipinski definition) is 3. The monoisotopic (exact) mass is 385 g/mol.